The van der Waals surface area contributed by atoms with Gasteiger partial charge in [0.05, 0.1) is 0 Å². The van der Waals surface area contributed by atoms with Crippen molar-refractivity contribution in [2.75, 3.05) is 27.7 Å². The van der Waals surface area contributed by atoms with Gasteiger partial charge in [0, 0.05) is 26.0 Å². The van der Waals surface area contributed by atoms with Gasteiger partial charge < -0.3 is 4.90 Å². The van der Waals surface area contributed by atoms with E-state index in [0.717, 1.165) is 6.54 Å². The van der Waals surface area contributed by atoms with Gasteiger partial charge in [0.15, 0.2) is 0 Å². The van der Waals surface area contributed by atoms with Crippen LogP contribution in [0.3, 0.4) is 0 Å². The normalized spacial score (nSPS) is 12.1. The number of hydrazone groups is 1. The molecule has 0 saturated carbocycles. The van der Waals surface area contributed by atoms with Crippen LogP contribution in [0.4, 0.5) is 0 Å². The third-order valence-corrected chi connectivity index (χ3v) is 1.09. The molecule has 0 atom stereocenters. The average Bonchev–Trinajstić information content (AvgIpc) is 1.87. The summed E-state index contributed by atoms with van der Waals surface area (Å²) >= 11 is 0. The van der Waals surface area contributed by atoms with Gasteiger partial charge in [-0.2, -0.15) is 5.10 Å². The first-order chi connectivity index (χ1) is 5.16. The third kappa shape index (κ3) is 7.06. The van der Waals surface area contributed by atoms with E-state index in [2.05, 4.69) is 16.1 Å². The maximum absolute atomic E-state index is 4.02. The molecule has 0 aliphatic heterocycles. The minimum Gasteiger partial charge on any atom is -0.306 e. The van der Waals surface area contributed by atoms with Gasteiger partial charge in [0.25, 0.3) is 0 Å². The highest BCUT2D eigenvalue weighted by Crippen LogP contribution is 1.84. The molecule has 0 fully saturated rings. The van der Waals surface area contributed by atoms with Gasteiger partial charge in [-0.1, -0.05) is 6.08 Å². The van der Waals surface area contributed by atoms with Crippen molar-refractivity contribution in [1.82, 2.24) is 9.91 Å². The zero-order chi connectivity index (χ0) is 8.69. The number of likely N-dealkylation sites (N-methyl/N-ethyl adjacent to an activating group) is 1. The van der Waals surface area contributed by atoms with Crippen LogP contribution in [0.25, 0.3) is 0 Å². The molecule has 0 heterocycles. The fraction of sp³-hybridized carbons (Fsp3) is 0.625. The van der Waals surface area contributed by atoms with E-state index in [1.54, 1.807) is 11.2 Å². The van der Waals surface area contributed by atoms with Crippen LogP contribution in [0.15, 0.2) is 17.4 Å². The average molecular weight is 155 g/mol. The largest absolute Gasteiger partial charge is 0.306 e. The molecular formula is C8H17N3. The minimum absolute atomic E-state index is 0.948. The molecule has 0 spiro atoms. The summed E-state index contributed by atoms with van der Waals surface area (Å²) in [5, 5.41) is 5.81. The van der Waals surface area contributed by atoms with Gasteiger partial charge in [0.1, 0.15) is 0 Å². The van der Waals surface area contributed by atoms with E-state index in [9.17, 15) is 0 Å². The Morgan fingerprint density at radius 1 is 1.27 bits per heavy atom. The molecule has 3 nitrogen and oxygen atoms in total. The summed E-state index contributed by atoms with van der Waals surface area (Å²) in [6, 6.07) is 0. The maximum atomic E-state index is 4.02. The minimum atomic E-state index is 0.948. The van der Waals surface area contributed by atoms with Crippen LogP contribution < -0.4 is 0 Å². The van der Waals surface area contributed by atoms with Crippen LogP contribution in [0, 0.1) is 0 Å². The second kappa shape index (κ2) is 5.92. The highest BCUT2D eigenvalue weighted by atomic mass is 15.4. The standard InChI is InChI=1S/C8H17N3/c1-5-9-11(4)8-6-7-10(2)3/h5-6,8H,7H2,1-4H3/b8-6+,9-5+. The zero-order valence-electron chi connectivity index (χ0n) is 7.78. The first kappa shape index (κ1) is 10.2. The van der Waals surface area contributed by atoms with Crippen molar-refractivity contribution >= 4 is 6.21 Å². The Morgan fingerprint density at radius 2 is 1.91 bits per heavy atom. The smallest absolute Gasteiger partial charge is 0.0296 e. The lowest BCUT2D eigenvalue weighted by Gasteiger charge is -2.07. The van der Waals surface area contributed by atoms with E-state index in [1.165, 1.54) is 0 Å². The van der Waals surface area contributed by atoms with E-state index in [-0.39, 0.29) is 0 Å². The lowest BCUT2D eigenvalue weighted by Crippen LogP contribution is -2.11. The summed E-state index contributed by atoms with van der Waals surface area (Å²) in [4.78, 5) is 2.10. The summed E-state index contributed by atoms with van der Waals surface area (Å²) in [6.45, 7) is 2.85. The summed E-state index contributed by atoms with van der Waals surface area (Å²) in [5.74, 6) is 0. The van der Waals surface area contributed by atoms with Crippen LogP contribution >= 0.6 is 0 Å². The van der Waals surface area contributed by atoms with Crippen LogP contribution in [0.2, 0.25) is 0 Å². The quantitative estimate of drug-likeness (QED) is 0.445. The fourth-order valence-corrected chi connectivity index (χ4v) is 0.631. The first-order valence-corrected chi connectivity index (χ1v) is 3.69. The van der Waals surface area contributed by atoms with Gasteiger partial charge in [-0.3, -0.25) is 5.01 Å². The van der Waals surface area contributed by atoms with Gasteiger partial charge in [0.2, 0.25) is 0 Å². The lowest BCUT2D eigenvalue weighted by molar-refractivity contribution is 0.444. The number of nitrogens with zero attached hydrogens (tertiary/aromatic N) is 3. The van der Waals surface area contributed by atoms with E-state index in [1.807, 2.05) is 34.3 Å². The van der Waals surface area contributed by atoms with Crippen molar-refractivity contribution in [1.29, 1.82) is 0 Å². The molecule has 0 N–H and O–H groups in total. The summed E-state index contributed by atoms with van der Waals surface area (Å²) in [7, 11) is 5.98. The Labute approximate surface area is 69.0 Å². The highest BCUT2D eigenvalue weighted by Gasteiger charge is 1.83. The van der Waals surface area contributed by atoms with Crippen molar-refractivity contribution in [2.45, 2.75) is 6.92 Å². The molecule has 0 aliphatic carbocycles. The van der Waals surface area contributed by atoms with E-state index >= 15 is 0 Å². The molecule has 0 amide bonds. The van der Waals surface area contributed by atoms with Gasteiger partial charge >= 0.3 is 0 Å². The molecule has 0 aromatic heterocycles. The van der Waals surface area contributed by atoms with Crippen LogP contribution in [0.5, 0.6) is 0 Å². The molecule has 0 radical (unpaired) electrons. The highest BCUT2D eigenvalue weighted by molar-refractivity contribution is 5.52. The molecule has 11 heavy (non-hydrogen) atoms. The van der Waals surface area contributed by atoms with E-state index in [0.29, 0.717) is 0 Å². The molecule has 64 valence electrons. The third-order valence-electron chi connectivity index (χ3n) is 1.09. The Morgan fingerprint density at radius 3 is 2.36 bits per heavy atom. The Balaban J connectivity index is 3.56. The topological polar surface area (TPSA) is 18.8 Å². The molecule has 0 aromatic carbocycles. The molecule has 3 heteroatoms. The van der Waals surface area contributed by atoms with Gasteiger partial charge in [-0.15, -0.1) is 0 Å². The molecule has 0 rings (SSSR count). The Kier molecular flexibility index (Phi) is 5.47. The molecule has 0 aliphatic rings. The molecule has 0 unspecified atom stereocenters. The van der Waals surface area contributed by atoms with Gasteiger partial charge in [-0.25, -0.2) is 0 Å². The fourth-order valence-electron chi connectivity index (χ4n) is 0.631. The second-order valence-corrected chi connectivity index (χ2v) is 2.59. The van der Waals surface area contributed by atoms with Crippen molar-refractivity contribution < 1.29 is 0 Å². The second-order valence-electron chi connectivity index (χ2n) is 2.59. The number of hydrogen-bond acceptors (Lipinski definition) is 3. The SMILES string of the molecule is C/C=N/N(C)/C=C/CN(C)C. The van der Waals surface area contributed by atoms with Crippen LogP contribution in [0.1, 0.15) is 6.92 Å². The van der Waals surface area contributed by atoms with E-state index < -0.39 is 0 Å². The molecule has 0 saturated heterocycles. The maximum Gasteiger partial charge on any atom is 0.0296 e. The predicted octanol–water partition coefficient (Wildman–Crippen LogP) is 0.999. The molecular weight excluding hydrogens is 138 g/mol. The first-order valence-electron chi connectivity index (χ1n) is 3.69. The summed E-state index contributed by atoms with van der Waals surface area (Å²) < 4.78 is 0. The number of rotatable bonds is 4. The van der Waals surface area contributed by atoms with Gasteiger partial charge in [-0.05, 0) is 21.0 Å². The molecule has 0 aromatic rings. The Bertz CT molecular complexity index is 138. The van der Waals surface area contributed by atoms with Crippen molar-refractivity contribution in [3.63, 3.8) is 0 Å². The van der Waals surface area contributed by atoms with Crippen molar-refractivity contribution in [2.24, 2.45) is 5.10 Å². The van der Waals surface area contributed by atoms with Crippen LogP contribution in [-0.4, -0.2) is 43.8 Å². The van der Waals surface area contributed by atoms with Crippen LogP contribution in [-0.2, 0) is 0 Å². The predicted molar refractivity (Wildman–Crippen MR) is 49.6 cm³/mol. The Hall–Kier alpha value is -0.830. The molecule has 0 bridgehead atoms. The number of hydrogen-bond donors (Lipinski definition) is 0. The van der Waals surface area contributed by atoms with Crippen molar-refractivity contribution in [3.05, 3.63) is 12.3 Å². The van der Waals surface area contributed by atoms with Crippen molar-refractivity contribution in [3.8, 4) is 0 Å². The summed E-state index contributed by atoms with van der Waals surface area (Å²) in [5.41, 5.74) is 0. The zero-order valence-corrected chi connectivity index (χ0v) is 7.78. The van der Waals surface area contributed by atoms with E-state index in [4.69, 9.17) is 0 Å². The monoisotopic (exact) mass is 155 g/mol. The summed E-state index contributed by atoms with van der Waals surface area (Å²) in [6.07, 6.45) is 5.77. The lowest BCUT2D eigenvalue weighted by atomic mass is 10.5.